The summed E-state index contributed by atoms with van der Waals surface area (Å²) >= 11 is 9.37. The molecule has 0 saturated heterocycles. The van der Waals surface area contributed by atoms with Crippen molar-refractivity contribution < 1.29 is 14.3 Å². The zero-order valence-electron chi connectivity index (χ0n) is 11.9. The van der Waals surface area contributed by atoms with Crippen molar-refractivity contribution in [2.45, 2.75) is 6.42 Å². The molecule has 4 nitrogen and oxygen atoms in total. The number of rotatable bonds is 6. The molecule has 0 aliphatic rings. The van der Waals surface area contributed by atoms with Gasteiger partial charge in [-0.3, -0.25) is 4.79 Å². The molecule has 0 aliphatic carbocycles. The van der Waals surface area contributed by atoms with Gasteiger partial charge in [0.1, 0.15) is 11.5 Å². The van der Waals surface area contributed by atoms with Crippen molar-refractivity contribution in [3.8, 4) is 11.5 Å². The number of ether oxygens (including phenoxy) is 2. The lowest BCUT2D eigenvalue weighted by atomic mass is 10.3. The Bertz CT molecular complexity index is 664. The van der Waals surface area contributed by atoms with Crippen molar-refractivity contribution >= 4 is 39.1 Å². The highest BCUT2D eigenvalue weighted by Crippen LogP contribution is 2.27. The Morgan fingerprint density at radius 3 is 2.77 bits per heavy atom. The SMILES string of the molecule is COc1ccc(NC(=O)CCOc2cccc(Br)c2)cc1Cl. The van der Waals surface area contributed by atoms with E-state index in [0.717, 1.165) is 10.2 Å². The molecule has 2 aromatic rings. The number of carbonyl (C=O) groups excluding carboxylic acids is 1. The standard InChI is InChI=1S/C16H15BrClNO3/c1-21-15-6-5-12(10-14(15)18)19-16(20)7-8-22-13-4-2-3-11(17)9-13/h2-6,9-10H,7-8H2,1H3,(H,19,20). The fraction of sp³-hybridized carbons (Fsp3) is 0.188. The van der Waals surface area contributed by atoms with E-state index in [1.54, 1.807) is 25.3 Å². The van der Waals surface area contributed by atoms with Crippen LogP contribution in [0.25, 0.3) is 0 Å². The van der Waals surface area contributed by atoms with Crippen LogP contribution in [0.2, 0.25) is 5.02 Å². The summed E-state index contributed by atoms with van der Waals surface area (Å²) in [7, 11) is 1.54. The zero-order chi connectivity index (χ0) is 15.9. The Labute approximate surface area is 142 Å². The summed E-state index contributed by atoms with van der Waals surface area (Å²) in [5.74, 6) is 1.14. The Morgan fingerprint density at radius 1 is 1.27 bits per heavy atom. The van der Waals surface area contributed by atoms with Crippen molar-refractivity contribution in [1.29, 1.82) is 0 Å². The largest absolute Gasteiger partial charge is 0.495 e. The summed E-state index contributed by atoms with van der Waals surface area (Å²) in [5.41, 5.74) is 0.623. The van der Waals surface area contributed by atoms with Crippen LogP contribution in [-0.4, -0.2) is 19.6 Å². The zero-order valence-corrected chi connectivity index (χ0v) is 14.3. The van der Waals surface area contributed by atoms with Crippen LogP contribution >= 0.6 is 27.5 Å². The Balaban J connectivity index is 1.82. The molecule has 0 unspecified atom stereocenters. The van der Waals surface area contributed by atoms with Gasteiger partial charge in [0.15, 0.2) is 0 Å². The number of anilines is 1. The quantitative estimate of drug-likeness (QED) is 0.796. The van der Waals surface area contributed by atoms with Crippen LogP contribution in [0, 0.1) is 0 Å². The number of carbonyl (C=O) groups is 1. The molecule has 2 aromatic carbocycles. The summed E-state index contributed by atoms with van der Waals surface area (Å²) < 4.78 is 11.5. The molecular formula is C16H15BrClNO3. The van der Waals surface area contributed by atoms with Crippen LogP contribution in [0.4, 0.5) is 5.69 Å². The molecular weight excluding hydrogens is 370 g/mol. The predicted molar refractivity (Wildman–Crippen MR) is 90.9 cm³/mol. The van der Waals surface area contributed by atoms with Crippen LogP contribution in [-0.2, 0) is 4.79 Å². The molecule has 1 amide bonds. The van der Waals surface area contributed by atoms with Gasteiger partial charge in [-0.25, -0.2) is 0 Å². The van der Waals surface area contributed by atoms with Gasteiger partial charge in [-0.05, 0) is 36.4 Å². The third kappa shape index (κ3) is 4.93. The smallest absolute Gasteiger partial charge is 0.227 e. The van der Waals surface area contributed by atoms with Crippen molar-refractivity contribution in [2.24, 2.45) is 0 Å². The molecule has 0 saturated carbocycles. The minimum Gasteiger partial charge on any atom is -0.495 e. The van der Waals surface area contributed by atoms with Crippen LogP contribution < -0.4 is 14.8 Å². The lowest BCUT2D eigenvalue weighted by Gasteiger charge is -2.09. The van der Waals surface area contributed by atoms with Crippen molar-refractivity contribution in [3.05, 3.63) is 52.0 Å². The number of hydrogen-bond acceptors (Lipinski definition) is 3. The van der Waals surface area contributed by atoms with Crippen LogP contribution in [0.15, 0.2) is 46.9 Å². The van der Waals surface area contributed by atoms with Gasteiger partial charge in [0.25, 0.3) is 0 Å². The molecule has 0 aliphatic heterocycles. The number of hydrogen-bond donors (Lipinski definition) is 1. The second-order valence-electron chi connectivity index (χ2n) is 4.45. The van der Waals surface area contributed by atoms with Gasteiger partial charge in [0.05, 0.1) is 25.2 Å². The lowest BCUT2D eigenvalue weighted by molar-refractivity contribution is -0.116. The van der Waals surface area contributed by atoms with E-state index in [1.807, 2.05) is 24.3 Å². The molecule has 0 fully saturated rings. The molecule has 0 bridgehead atoms. The predicted octanol–water partition coefficient (Wildman–Crippen LogP) is 4.52. The highest BCUT2D eigenvalue weighted by atomic mass is 79.9. The summed E-state index contributed by atoms with van der Waals surface area (Å²) in [6.45, 7) is 0.298. The molecule has 1 N–H and O–H groups in total. The maximum atomic E-state index is 11.9. The van der Waals surface area contributed by atoms with Crippen molar-refractivity contribution in [3.63, 3.8) is 0 Å². The van der Waals surface area contributed by atoms with E-state index in [0.29, 0.717) is 23.1 Å². The average Bonchev–Trinajstić information content (AvgIpc) is 2.47. The Morgan fingerprint density at radius 2 is 2.09 bits per heavy atom. The molecule has 2 rings (SSSR count). The third-order valence-electron chi connectivity index (χ3n) is 2.83. The van der Waals surface area contributed by atoms with Gasteiger partial charge in [-0.15, -0.1) is 0 Å². The Hall–Kier alpha value is -1.72. The van der Waals surface area contributed by atoms with Crippen LogP contribution in [0.5, 0.6) is 11.5 Å². The Kier molecular flexibility index (Phi) is 6.10. The van der Waals surface area contributed by atoms with Crippen molar-refractivity contribution in [1.82, 2.24) is 0 Å². The maximum Gasteiger partial charge on any atom is 0.227 e. The van der Waals surface area contributed by atoms with Gasteiger partial charge in [-0.1, -0.05) is 33.6 Å². The minimum atomic E-state index is -0.142. The first-order chi connectivity index (χ1) is 10.6. The molecule has 0 radical (unpaired) electrons. The first kappa shape index (κ1) is 16.6. The fourth-order valence-electron chi connectivity index (χ4n) is 1.79. The van der Waals surface area contributed by atoms with E-state index < -0.39 is 0 Å². The first-order valence-electron chi connectivity index (χ1n) is 6.60. The average molecular weight is 385 g/mol. The highest BCUT2D eigenvalue weighted by Gasteiger charge is 2.06. The van der Waals surface area contributed by atoms with E-state index in [1.165, 1.54) is 0 Å². The van der Waals surface area contributed by atoms with Gasteiger partial charge < -0.3 is 14.8 Å². The first-order valence-corrected chi connectivity index (χ1v) is 7.77. The summed E-state index contributed by atoms with van der Waals surface area (Å²) in [6.07, 6.45) is 0.246. The van der Waals surface area contributed by atoms with Gasteiger partial charge in [0, 0.05) is 10.2 Å². The second kappa shape index (κ2) is 8.06. The fourth-order valence-corrected chi connectivity index (χ4v) is 2.42. The van der Waals surface area contributed by atoms with E-state index in [9.17, 15) is 4.79 Å². The highest BCUT2D eigenvalue weighted by molar-refractivity contribution is 9.10. The van der Waals surface area contributed by atoms with Gasteiger partial charge >= 0.3 is 0 Å². The third-order valence-corrected chi connectivity index (χ3v) is 3.62. The van der Waals surface area contributed by atoms with Gasteiger partial charge in [-0.2, -0.15) is 0 Å². The number of nitrogens with one attached hydrogen (secondary N) is 1. The normalized spacial score (nSPS) is 10.1. The number of amides is 1. The molecule has 22 heavy (non-hydrogen) atoms. The van der Waals surface area contributed by atoms with E-state index in [-0.39, 0.29) is 12.3 Å². The van der Waals surface area contributed by atoms with Gasteiger partial charge in [0.2, 0.25) is 5.91 Å². The van der Waals surface area contributed by atoms with Crippen LogP contribution in [0.3, 0.4) is 0 Å². The molecule has 0 atom stereocenters. The number of benzene rings is 2. The second-order valence-corrected chi connectivity index (χ2v) is 5.78. The molecule has 0 spiro atoms. The molecule has 116 valence electrons. The number of methoxy groups -OCH3 is 1. The number of halogens is 2. The lowest BCUT2D eigenvalue weighted by Crippen LogP contribution is -2.15. The van der Waals surface area contributed by atoms with Crippen molar-refractivity contribution in [2.75, 3.05) is 19.0 Å². The van der Waals surface area contributed by atoms with E-state index in [4.69, 9.17) is 21.1 Å². The molecule has 0 heterocycles. The maximum absolute atomic E-state index is 11.9. The summed E-state index contributed by atoms with van der Waals surface area (Å²) in [4.78, 5) is 11.9. The molecule has 0 aromatic heterocycles. The van der Waals surface area contributed by atoms with E-state index >= 15 is 0 Å². The van der Waals surface area contributed by atoms with E-state index in [2.05, 4.69) is 21.2 Å². The summed E-state index contributed by atoms with van der Waals surface area (Å²) in [5, 5.41) is 3.21. The topological polar surface area (TPSA) is 47.6 Å². The summed E-state index contributed by atoms with van der Waals surface area (Å²) in [6, 6.07) is 12.6. The minimum absolute atomic E-state index is 0.142. The van der Waals surface area contributed by atoms with Crippen LogP contribution in [0.1, 0.15) is 6.42 Å². The monoisotopic (exact) mass is 383 g/mol. The molecule has 6 heteroatoms.